The van der Waals surface area contributed by atoms with Gasteiger partial charge in [0.15, 0.2) is 0 Å². The van der Waals surface area contributed by atoms with E-state index in [-0.39, 0.29) is 0 Å². The molecule has 0 aromatic heterocycles. The molecule has 0 amide bonds. The number of hydrogen-bond donors (Lipinski definition) is 1. The predicted octanol–water partition coefficient (Wildman–Crippen LogP) is 2.93. The van der Waals surface area contributed by atoms with E-state index in [9.17, 15) is 0 Å². The lowest BCUT2D eigenvalue weighted by Crippen LogP contribution is -1.85. The molecule has 0 nitrogen and oxygen atoms in total. The monoisotopic (exact) mass is 164 g/mol. The predicted molar refractivity (Wildman–Crippen MR) is 50.1 cm³/mol. The number of hydrogen-bond acceptors (Lipinski definition) is 1. The summed E-state index contributed by atoms with van der Waals surface area (Å²) in [5.41, 5.74) is 1.44. The quantitative estimate of drug-likeness (QED) is 0.638. The second-order valence-electron chi connectivity index (χ2n) is 3.32. The summed E-state index contributed by atoms with van der Waals surface area (Å²) in [6.45, 7) is 0. The summed E-state index contributed by atoms with van der Waals surface area (Å²) in [7, 11) is 0. The van der Waals surface area contributed by atoms with Crippen LogP contribution in [0.25, 0.3) is 0 Å². The Labute approximate surface area is 73.0 Å². The average Bonchev–Trinajstić information content (AvgIpc) is 2.71. The summed E-state index contributed by atoms with van der Waals surface area (Å²) in [6, 6.07) is 8.47. The van der Waals surface area contributed by atoms with Gasteiger partial charge in [-0.3, -0.25) is 0 Å². The van der Waals surface area contributed by atoms with Crippen molar-refractivity contribution in [1.82, 2.24) is 0 Å². The Balaban J connectivity index is 2.10. The van der Waals surface area contributed by atoms with Gasteiger partial charge in [-0.2, -0.15) is 0 Å². The molecule has 1 aromatic carbocycles. The molecule has 0 heterocycles. The summed E-state index contributed by atoms with van der Waals surface area (Å²) < 4.78 is 0. The highest BCUT2D eigenvalue weighted by molar-refractivity contribution is 7.80. The molecule has 1 aliphatic rings. The summed E-state index contributed by atoms with van der Waals surface area (Å²) in [5.74, 6) is 0.977. The normalized spacial score (nSPS) is 16.8. The lowest BCUT2D eigenvalue weighted by Gasteiger charge is -1.98. The largest absolute Gasteiger partial charge is 0.143 e. The van der Waals surface area contributed by atoms with E-state index in [1.165, 1.54) is 24.8 Å². The van der Waals surface area contributed by atoms with Crippen LogP contribution in [0.5, 0.6) is 0 Å². The highest BCUT2D eigenvalue weighted by Crippen LogP contribution is 2.32. The van der Waals surface area contributed by atoms with Crippen LogP contribution in [0.15, 0.2) is 29.2 Å². The molecule has 11 heavy (non-hydrogen) atoms. The third-order valence-electron chi connectivity index (χ3n) is 2.13. The fourth-order valence-corrected chi connectivity index (χ4v) is 1.59. The van der Waals surface area contributed by atoms with E-state index < -0.39 is 0 Å². The molecule has 0 atom stereocenters. The lowest BCUT2D eigenvalue weighted by atomic mass is 10.1. The van der Waals surface area contributed by atoms with E-state index in [4.69, 9.17) is 0 Å². The van der Waals surface area contributed by atoms with Gasteiger partial charge < -0.3 is 0 Å². The molecule has 0 aliphatic heterocycles. The second-order valence-corrected chi connectivity index (χ2v) is 3.83. The molecule has 0 bridgehead atoms. The SMILES string of the molecule is Sc1cccc(CC2CC2)c1. The van der Waals surface area contributed by atoms with E-state index in [2.05, 4.69) is 30.8 Å². The summed E-state index contributed by atoms with van der Waals surface area (Å²) in [6.07, 6.45) is 4.11. The van der Waals surface area contributed by atoms with E-state index >= 15 is 0 Å². The standard InChI is InChI=1S/C10H12S/c11-10-3-1-2-9(7-10)6-8-4-5-8/h1-3,7-8,11H,4-6H2. The maximum atomic E-state index is 4.30. The van der Waals surface area contributed by atoms with Crippen LogP contribution in [0.1, 0.15) is 18.4 Å². The third kappa shape index (κ3) is 2.00. The maximum absolute atomic E-state index is 4.30. The smallest absolute Gasteiger partial charge is 0.00427 e. The van der Waals surface area contributed by atoms with E-state index in [1.807, 2.05) is 6.07 Å². The van der Waals surface area contributed by atoms with Gasteiger partial charge in [0, 0.05) is 4.90 Å². The van der Waals surface area contributed by atoms with Crippen LogP contribution in [-0.4, -0.2) is 0 Å². The van der Waals surface area contributed by atoms with Gasteiger partial charge in [0.05, 0.1) is 0 Å². The Morgan fingerprint density at radius 1 is 1.36 bits per heavy atom. The molecule has 1 heteroatoms. The van der Waals surface area contributed by atoms with Gasteiger partial charge in [-0.05, 0) is 42.9 Å². The molecule has 0 unspecified atom stereocenters. The number of thiol groups is 1. The van der Waals surface area contributed by atoms with Crippen LogP contribution in [0.2, 0.25) is 0 Å². The van der Waals surface area contributed by atoms with E-state index in [0.717, 1.165) is 10.8 Å². The lowest BCUT2D eigenvalue weighted by molar-refractivity contribution is 0.830. The van der Waals surface area contributed by atoms with Crippen LogP contribution in [-0.2, 0) is 6.42 Å². The molecule has 58 valence electrons. The average molecular weight is 164 g/mol. The molecule has 0 spiro atoms. The summed E-state index contributed by atoms with van der Waals surface area (Å²) in [5, 5.41) is 0. The van der Waals surface area contributed by atoms with Crippen LogP contribution in [0.4, 0.5) is 0 Å². The van der Waals surface area contributed by atoms with Gasteiger partial charge in [0.25, 0.3) is 0 Å². The Morgan fingerprint density at radius 3 is 2.82 bits per heavy atom. The minimum Gasteiger partial charge on any atom is -0.143 e. The van der Waals surface area contributed by atoms with Crippen LogP contribution < -0.4 is 0 Å². The third-order valence-corrected chi connectivity index (χ3v) is 2.41. The van der Waals surface area contributed by atoms with Crippen molar-refractivity contribution in [3.8, 4) is 0 Å². The fourth-order valence-electron chi connectivity index (χ4n) is 1.34. The molecule has 1 saturated carbocycles. The molecule has 0 saturated heterocycles. The van der Waals surface area contributed by atoms with E-state index in [0.29, 0.717) is 0 Å². The van der Waals surface area contributed by atoms with Crippen molar-refractivity contribution in [2.75, 3.05) is 0 Å². The van der Waals surface area contributed by atoms with Crippen molar-refractivity contribution in [2.45, 2.75) is 24.2 Å². The van der Waals surface area contributed by atoms with Crippen molar-refractivity contribution >= 4 is 12.6 Å². The summed E-state index contributed by atoms with van der Waals surface area (Å²) in [4.78, 5) is 1.09. The molecular formula is C10H12S. The van der Waals surface area contributed by atoms with Crippen LogP contribution in [0, 0.1) is 5.92 Å². The number of rotatable bonds is 2. The van der Waals surface area contributed by atoms with Crippen molar-refractivity contribution in [2.24, 2.45) is 5.92 Å². The zero-order chi connectivity index (χ0) is 7.68. The zero-order valence-electron chi connectivity index (χ0n) is 6.46. The van der Waals surface area contributed by atoms with Gasteiger partial charge in [-0.1, -0.05) is 12.1 Å². The van der Waals surface area contributed by atoms with Crippen molar-refractivity contribution in [3.63, 3.8) is 0 Å². The first-order valence-corrected chi connectivity index (χ1v) is 4.57. The number of benzene rings is 1. The van der Waals surface area contributed by atoms with Gasteiger partial charge >= 0.3 is 0 Å². The van der Waals surface area contributed by atoms with Gasteiger partial charge in [-0.15, -0.1) is 12.6 Å². The van der Waals surface area contributed by atoms with Crippen LogP contribution >= 0.6 is 12.6 Å². The first-order valence-electron chi connectivity index (χ1n) is 4.12. The zero-order valence-corrected chi connectivity index (χ0v) is 7.35. The Morgan fingerprint density at radius 2 is 2.18 bits per heavy atom. The first-order chi connectivity index (χ1) is 5.34. The highest BCUT2D eigenvalue weighted by Gasteiger charge is 2.21. The van der Waals surface area contributed by atoms with Crippen molar-refractivity contribution in [3.05, 3.63) is 29.8 Å². The van der Waals surface area contributed by atoms with E-state index in [1.54, 1.807) is 0 Å². The molecular weight excluding hydrogens is 152 g/mol. The van der Waals surface area contributed by atoms with Crippen molar-refractivity contribution < 1.29 is 0 Å². The Bertz CT molecular complexity index is 251. The Hall–Kier alpha value is -0.430. The molecule has 1 aromatic rings. The van der Waals surface area contributed by atoms with Crippen molar-refractivity contribution in [1.29, 1.82) is 0 Å². The van der Waals surface area contributed by atoms with Gasteiger partial charge in [0.2, 0.25) is 0 Å². The van der Waals surface area contributed by atoms with Gasteiger partial charge in [0.1, 0.15) is 0 Å². The second kappa shape index (κ2) is 2.90. The molecule has 2 rings (SSSR count). The molecule has 0 radical (unpaired) electrons. The van der Waals surface area contributed by atoms with Gasteiger partial charge in [-0.25, -0.2) is 0 Å². The fraction of sp³-hybridized carbons (Fsp3) is 0.400. The summed E-state index contributed by atoms with van der Waals surface area (Å²) >= 11 is 4.30. The minimum absolute atomic E-state index is 0.977. The maximum Gasteiger partial charge on any atom is 0.00427 e. The first kappa shape index (κ1) is 7.23. The molecule has 1 fully saturated rings. The minimum atomic E-state index is 0.977. The highest BCUT2D eigenvalue weighted by atomic mass is 32.1. The molecule has 0 N–H and O–H groups in total. The molecule has 1 aliphatic carbocycles. The Kier molecular flexibility index (Phi) is 1.91. The topological polar surface area (TPSA) is 0 Å². The van der Waals surface area contributed by atoms with Crippen LogP contribution in [0.3, 0.4) is 0 Å².